The third-order valence-electron chi connectivity index (χ3n) is 4.44. The smallest absolute Gasteiger partial charge is 0.335 e. The Morgan fingerprint density at radius 2 is 2.08 bits per heavy atom. The summed E-state index contributed by atoms with van der Waals surface area (Å²) in [5.74, 6) is -0.0515. The number of nitrogens with zero attached hydrogens (tertiary/aromatic N) is 2. The van der Waals surface area contributed by atoms with Crippen LogP contribution in [0.25, 0.3) is 5.69 Å². The van der Waals surface area contributed by atoms with Crippen LogP contribution < -0.4 is 5.32 Å². The number of aromatic carboxylic acids is 1. The number of carboxylic acids is 1. The summed E-state index contributed by atoms with van der Waals surface area (Å²) in [7, 11) is 0. The average Bonchev–Trinajstić information content (AvgIpc) is 3.21. The molecular formula is C19H15Cl2N3O2. The Morgan fingerprint density at radius 3 is 2.85 bits per heavy atom. The molecule has 3 aromatic rings. The summed E-state index contributed by atoms with van der Waals surface area (Å²) in [6.07, 6.45) is 1.46. The lowest BCUT2D eigenvalue weighted by Gasteiger charge is -2.07. The van der Waals surface area contributed by atoms with Gasteiger partial charge in [-0.3, -0.25) is 0 Å². The SMILES string of the molecule is O=C(O)c1cccc(-n2nc(Cc3ccc(Cl)cc3Cl)c3c2NCC3)c1. The van der Waals surface area contributed by atoms with E-state index in [0.717, 1.165) is 35.6 Å². The van der Waals surface area contributed by atoms with E-state index in [0.29, 0.717) is 22.2 Å². The molecule has 1 aliphatic heterocycles. The van der Waals surface area contributed by atoms with Crippen LogP contribution in [0.4, 0.5) is 5.82 Å². The second-order valence-electron chi connectivity index (χ2n) is 6.13. The Bertz CT molecular complexity index is 1010. The lowest BCUT2D eigenvalue weighted by atomic mass is 10.1. The van der Waals surface area contributed by atoms with Gasteiger partial charge in [0, 0.05) is 28.6 Å². The summed E-state index contributed by atoms with van der Waals surface area (Å²) in [6, 6.07) is 12.2. The van der Waals surface area contributed by atoms with Crippen LogP contribution in [-0.2, 0) is 12.8 Å². The van der Waals surface area contributed by atoms with Crippen LogP contribution >= 0.6 is 23.2 Å². The summed E-state index contributed by atoms with van der Waals surface area (Å²) >= 11 is 12.3. The maximum atomic E-state index is 11.3. The largest absolute Gasteiger partial charge is 0.478 e. The van der Waals surface area contributed by atoms with Crippen molar-refractivity contribution in [2.75, 3.05) is 11.9 Å². The number of aromatic nitrogens is 2. The Morgan fingerprint density at radius 1 is 1.23 bits per heavy atom. The highest BCUT2D eigenvalue weighted by molar-refractivity contribution is 6.35. The van der Waals surface area contributed by atoms with Crippen molar-refractivity contribution in [3.05, 3.63) is 74.9 Å². The predicted molar refractivity (Wildman–Crippen MR) is 102 cm³/mol. The van der Waals surface area contributed by atoms with E-state index in [4.69, 9.17) is 28.3 Å². The summed E-state index contributed by atoms with van der Waals surface area (Å²) in [5.41, 5.74) is 3.96. The van der Waals surface area contributed by atoms with E-state index < -0.39 is 5.97 Å². The first-order valence-electron chi connectivity index (χ1n) is 8.15. The number of halogens is 2. The van der Waals surface area contributed by atoms with Crippen molar-refractivity contribution in [1.82, 2.24) is 9.78 Å². The first kappa shape index (κ1) is 16.9. The Balaban J connectivity index is 1.76. The van der Waals surface area contributed by atoms with Gasteiger partial charge in [0.1, 0.15) is 5.82 Å². The van der Waals surface area contributed by atoms with Gasteiger partial charge in [-0.05, 0) is 42.3 Å². The van der Waals surface area contributed by atoms with E-state index in [1.54, 1.807) is 28.9 Å². The Hall–Kier alpha value is -2.50. The van der Waals surface area contributed by atoms with Crippen LogP contribution in [-0.4, -0.2) is 27.4 Å². The van der Waals surface area contributed by atoms with Crippen molar-refractivity contribution in [2.24, 2.45) is 0 Å². The maximum Gasteiger partial charge on any atom is 0.335 e. The summed E-state index contributed by atoms with van der Waals surface area (Å²) in [6.45, 7) is 0.827. The van der Waals surface area contributed by atoms with Gasteiger partial charge < -0.3 is 10.4 Å². The van der Waals surface area contributed by atoms with Crippen molar-refractivity contribution < 1.29 is 9.90 Å². The molecule has 1 aliphatic rings. The van der Waals surface area contributed by atoms with E-state index in [9.17, 15) is 9.90 Å². The summed E-state index contributed by atoms with van der Waals surface area (Å²) < 4.78 is 1.77. The van der Waals surface area contributed by atoms with Gasteiger partial charge in [-0.25, -0.2) is 9.48 Å². The van der Waals surface area contributed by atoms with Gasteiger partial charge in [-0.1, -0.05) is 35.3 Å². The zero-order valence-electron chi connectivity index (χ0n) is 13.7. The van der Waals surface area contributed by atoms with Gasteiger partial charge in [0.2, 0.25) is 0 Å². The average molecular weight is 388 g/mol. The monoisotopic (exact) mass is 387 g/mol. The van der Waals surface area contributed by atoms with E-state index in [2.05, 4.69) is 5.32 Å². The lowest BCUT2D eigenvalue weighted by molar-refractivity contribution is 0.0697. The highest BCUT2D eigenvalue weighted by Gasteiger charge is 2.23. The molecule has 7 heteroatoms. The molecule has 2 aromatic carbocycles. The van der Waals surface area contributed by atoms with E-state index in [1.165, 1.54) is 0 Å². The molecular weight excluding hydrogens is 373 g/mol. The van der Waals surface area contributed by atoms with Crippen molar-refractivity contribution in [3.8, 4) is 5.69 Å². The van der Waals surface area contributed by atoms with Crippen LogP contribution in [0.5, 0.6) is 0 Å². The molecule has 0 fully saturated rings. The number of carboxylic acid groups (broad SMARTS) is 1. The second-order valence-corrected chi connectivity index (χ2v) is 6.97. The van der Waals surface area contributed by atoms with Crippen molar-refractivity contribution in [3.63, 3.8) is 0 Å². The van der Waals surface area contributed by atoms with Gasteiger partial charge in [0.05, 0.1) is 16.9 Å². The van der Waals surface area contributed by atoms with E-state index in [1.807, 2.05) is 18.2 Å². The van der Waals surface area contributed by atoms with Crippen LogP contribution in [0.15, 0.2) is 42.5 Å². The number of hydrogen-bond donors (Lipinski definition) is 2. The number of anilines is 1. The molecule has 0 saturated heterocycles. The van der Waals surface area contributed by atoms with Crippen LogP contribution in [0.2, 0.25) is 10.0 Å². The maximum absolute atomic E-state index is 11.3. The minimum atomic E-state index is -0.961. The molecule has 0 bridgehead atoms. The Kier molecular flexibility index (Phi) is 4.34. The molecule has 0 saturated carbocycles. The quantitative estimate of drug-likeness (QED) is 0.694. The number of nitrogens with one attached hydrogen (secondary N) is 1. The number of fused-ring (bicyclic) bond motifs is 1. The molecule has 0 aliphatic carbocycles. The normalized spacial score (nSPS) is 12.7. The van der Waals surface area contributed by atoms with E-state index >= 15 is 0 Å². The Labute approximate surface area is 160 Å². The number of hydrogen-bond acceptors (Lipinski definition) is 3. The molecule has 1 aromatic heterocycles. The zero-order valence-corrected chi connectivity index (χ0v) is 15.2. The fourth-order valence-corrected chi connectivity index (χ4v) is 3.67. The van der Waals surface area contributed by atoms with Gasteiger partial charge in [0.25, 0.3) is 0 Å². The summed E-state index contributed by atoms with van der Waals surface area (Å²) in [5, 5.41) is 18.5. The van der Waals surface area contributed by atoms with Crippen molar-refractivity contribution in [1.29, 1.82) is 0 Å². The molecule has 5 nitrogen and oxygen atoms in total. The molecule has 0 spiro atoms. The first-order chi connectivity index (χ1) is 12.5. The standard InChI is InChI=1S/C19H15Cl2N3O2/c20-13-5-4-11(16(21)10-13)9-17-15-6-7-22-18(15)24(23-17)14-3-1-2-12(8-14)19(25)26/h1-5,8,10,22H,6-7,9H2,(H,25,26). The highest BCUT2D eigenvalue weighted by Crippen LogP contribution is 2.32. The van der Waals surface area contributed by atoms with Crippen LogP contribution in [0.3, 0.4) is 0 Å². The lowest BCUT2D eigenvalue weighted by Crippen LogP contribution is -2.06. The molecule has 0 unspecified atom stereocenters. The second kappa shape index (κ2) is 6.67. The fourth-order valence-electron chi connectivity index (χ4n) is 3.19. The summed E-state index contributed by atoms with van der Waals surface area (Å²) in [4.78, 5) is 11.3. The third-order valence-corrected chi connectivity index (χ3v) is 5.03. The zero-order chi connectivity index (χ0) is 18.3. The molecule has 0 atom stereocenters. The molecule has 132 valence electrons. The van der Waals surface area contributed by atoms with Gasteiger partial charge in [-0.2, -0.15) is 5.10 Å². The van der Waals surface area contributed by atoms with Crippen LogP contribution in [0.1, 0.15) is 27.2 Å². The third kappa shape index (κ3) is 3.04. The first-order valence-corrected chi connectivity index (χ1v) is 8.91. The molecule has 0 amide bonds. The van der Waals surface area contributed by atoms with Crippen molar-refractivity contribution in [2.45, 2.75) is 12.8 Å². The number of carbonyl (C=O) groups is 1. The number of benzene rings is 2. The molecule has 2 N–H and O–H groups in total. The predicted octanol–water partition coefficient (Wildman–Crippen LogP) is 4.44. The molecule has 2 heterocycles. The van der Waals surface area contributed by atoms with Gasteiger partial charge >= 0.3 is 5.97 Å². The topological polar surface area (TPSA) is 67.1 Å². The van der Waals surface area contributed by atoms with E-state index in [-0.39, 0.29) is 5.56 Å². The molecule has 26 heavy (non-hydrogen) atoms. The molecule has 4 rings (SSSR count). The van der Waals surface area contributed by atoms with Crippen molar-refractivity contribution >= 4 is 35.0 Å². The van der Waals surface area contributed by atoms with Crippen LogP contribution in [0, 0.1) is 0 Å². The highest BCUT2D eigenvalue weighted by atomic mass is 35.5. The fraction of sp³-hybridized carbons (Fsp3) is 0.158. The molecule has 0 radical (unpaired) electrons. The minimum Gasteiger partial charge on any atom is -0.478 e. The van der Waals surface area contributed by atoms with Gasteiger partial charge in [-0.15, -0.1) is 0 Å². The minimum absolute atomic E-state index is 0.229. The van der Waals surface area contributed by atoms with Gasteiger partial charge in [0.15, 0.2) is 0 Å². The number of rotatable bonds is 4.